The van der Waals surface area contributed by atoms with Crippen molar-refractivity contribution < 1.29 is 19.1 Å². The van der Waals surface area contributed by atoms with Gasteiger partial charge in [0.1, 0.15) is 11.6 Å². The number of hydrogen-bond donors (Lipinski definition) is 1. The highest BCUT2D eigenvalue weighted by molar-refractivity contribution is 6.30. The third kappa shape index (κ3) is 4.69. The number of anilines is 1. The van der Waals surface area contributed by atoms with Crippen LogP contribution >= 0.6 is 11.6 Å². The van der Waals surface area contributed by atoms with E-state index in [0.29, 0.717) is 22.2 Å². The molecule has 1 amide bonds. The SMILES string of the molecule is COc1ccc(C(=O)O[C@@H](C)C(=O)Nc2ccc(Cl)cn2)cc1. The van der Waals surface area contributed by atoms with E-state index in [9.17, 15) is 9.59 Å². The number of carbonyl (C=O) groups is 2. The summed E-state index contributed by atoms with van der Waals surface area (Å²) >= 11 is 5.72. The van der Waals surface area contributed by atoms with E-state index >= 15 is 0 Å². The molecule has 0 aliphatic rings. The highest BCUT2D eigenvalue weighted by Gasteiger charge is 2.19. The first-order chi connectivity index (χ1) is 11.0. The van der Waals surface area contributed by atoms with Crippen LogP contribution in [0.2, 0.25) is 5.02 Å². The summed E-state index contributed by atoms with van der Waals surface area (Å²) in [7, 11) is 1.53. The third-order valence-electron chi connectivity index (χ3n) is 2.96. The Hall–Kier alpha value is -2.60. The van der Waals surface area contributed by atoms with Crippen molar-refractivity contribution in [2.45, 2.75) is 13.0 Å². The maximum atomic E-state index is 12.0. The van der Waals surface area contributed by atoms with Crippen LogP contribution in [0, 0.1) is 0 Å². The molecule has 6 nitrogen and oxygen atoms in total. The lowest BCUT2D eigenvalue weighted by Gasteiger charge is -2.13. The highest BCUT2D eigenvalue weighted by atomic mass is 35.5. The van der Waals surface area contributed by atoms with Gasteiger partial charge in [0.2, 0.25) is 0 Å². The maximum Gasteiger partial charge on any atom is 0.338 e. The molecule has 1 aromatic heterocycles. The van der Waals surface area contributed by atoms with Crippen LogP contribution in [0.1, 0.15) is 17.3 Å². The summed E-state index contributed by atoms with van der Waals surface area (Å²) in [6, 6.07) is 9.55. The van der Waals surface area contributed by atoms with Crippen LogP contribution in [0.3, 0.4) is 0 Å². The fourth-order valence-electron chi connectivity index (χ4n) is 1.69. The monoisotopic (exact) mass is 334 g/mol. The minimum atomic E-state index is -0.970. The van der Waals surface area contributed by atoms with E-state index in [1.165, 1.54) is 20.2 Å². The van der Waals surface area contributed by atoms with Gasteiger partial charge in [-0.25, -0.2) is 9.78 Å². The van der Waals surface area contributed by atoms with Gasteiger partial charge >= 0.3 is 5.97 Å². The molecule has 2 rings (SSSR count). The van der Waals surface area contributed by atoms with Gasteiger partial charge in [-0.2, -0.15) is 0 Å². The van der Waals surface area contributed by atoms with Crippen LogP contribution < -0.4 is 10.1 Å². The number of carbonyl (C=O) groups excluding carboxylic acids is 2. The minimum Gasteiger partial charge on any atom is -0.497 e. The Bertz CT molecular complexity index is 686. The van der Waals surface area contributed by atoms with Gasteiger partial charge in [-0.1, -0.05) is 11.6 Å². The summed E-state index contributed by atoms with van der Waals surface area (Å²) < 4.78 is 10.1. The second kappa shape index (κ2) is 7.60. The number of methoxy groups -OCH3 is 1. The second-order valence-corrected chi connectivity index (χ2v) is 5.06. The number of nitrogens with zero attached hydrogens (tertiary/aromatic N) is 1. The molecule has 0 saturated carbocycles. The second-order valence-electron chi connectivity index (χ2n) is 4.63. The van der Waals surface area contributed by atoms with Crippen molar-refractivity contribution in [3.05, 3.63) is 53.2 Å². The van der Waals surface area contributed by atoms with Crippen LogP contribution in [-0.2, 0) is 9.53 Å². The number of pyridine rings is 1. The van der Waals surface area contributed by atoms with E-state index in [1.54, 1.807) is 36.4 Å². The predicted molar refractivity (Wildman–Crippen MR) is 85.7 cm³/mol. The topological polar surface area (TPSA) is 77.5 Å². The molecule has 1 heterocycles. The molecule has 0 unspecified atom stereocenters. The molecule has 23 heavy (non-hydrogen) atoms. The third-order valence-corrected chi connectivity index (χ3v) is 3.18. The summed E-state index contributed by atoms with van der Waals surface area (Å²) in [5.74, 6) is -0.131. The van der Waals surface area contributed by atoms with E-state index < -0.39 is 18.0 Å². The number of ether oxygens (including phenoxy) is 2. The average Bonchev–Trinajstić information content (AvgIpc) is 2.56. The zero-order chi connectivity index (χ0) is 16.8. The van der Waals surface area contributed by atoms with Crippen molar-refractivity contribution >= 4 is 29.3 Å². The van der Waals surface area contributed by atoms with Crippen LogP contribution in [0.5, 0.6) is 5.75 Å². The van der Waals surface area contributed by atoms with Gasteiger partial charge in [-0.15, -0.1) is 0 Å². The lowest BCUT2D eigenvalue weighted by Crippen LogP contribution is -2.30. The molecule has 2 aromatic rings. The minimum absolute atomic E-state index is 0.326. The van der Waals surface area contributed by atoms with E-state index in [0.717, 1.165) is 0 Å². The quantitative estimate of drug-likeness (QED) is 0.851. The van der Waals surface area contributed by atoms with Crippen molar-refractivity contribution in [3.8, 4) is 5.75 Å². The summed E-state index contributed by atoms with van der Waals surface area (Å²) in [4.78, 5) is 27.9. The molecule has 0 aliphatic heterocycles. The number of rotatable bonds is 5. The van der Waals surface area contributed by atoms with Crippen LogP contribution in [0.15, 0.2) is 42.6 Å². The average molecular weight is 335 g/mol. The van der Waals surface area contributed by atoms with Gasteiger partial charge in [0.25, 0.3) is 5.91 Å². The lowest BCUT2D eigenvalue weighted by atomic mass is 10.2. The van der Waals surface area contributed by atoms with Gasteiger partial charge in [0.05, 0.1) is 17.7 Å². The highest BCUT2D eigenvalue weighted by Crippen LogP contribution is 2.14. The molecule has 0 saturated heterocycles. The first-order valence-electron chi connectivity index (χ1n) is 6.77. The first kappa shape index (κ1) is 16.8. The number of aromatic nitrogens is 1. The van der Waals surface area contributed by atoms with E-state index in [1.807, 2.05) is 0 Å². The molecule has 0 bridgehead atoms. The maximum absolute atomic E-state index is 12.0. The Balaban J connectivity index is 1.94. The molecular weight excluding hydrogens is 320 g/mol. The molecule has 0 aliphatic carbocycles. The summed E-state index contributed by atoms with van der Waals surface area (Å²) in [5.41, 5.74) is 0.329. The number of benzene rings is 1. The number of hydrogen-bond acceptors (Lipinski definition) is 5. The molecule has 0 radical (unpaired) electrons. The summed E-state index contributed by atoms with van der Waals surface area (Å²) in [6.07, 6.45) is 0.438. The fraction of sp³-hybridized carbons (Fsp3) is 0.188. The Labute approximate surface area is 138 Å². The normalized spacial score (nSPS) is 11.4. The lowest BCUT2D eigenvalue weighted by molar-refractivity contribution is -0.123. The molecule has 1 aromatic carbocycles. The number of nitrogens with one attached hydrogen (secondary N) is 1. The Morgan fingerprint density at radius 3 is 2.43 bits per heavy atom. The van der Waals surface area contributed by atoms with Crippen molar-refractivity contribution in [2.24, 2.45) is 0 Å². The number of halogens is 1. The molecule has 1 atom stereocenters. The van der Waals surface area contributed by atoms with Crippen LogP contribution in [0.4, 0.5) is 5.82 Å². The Morgan fingerprint density at radius 2 is 1.87 bits per heavy atom. The van der Waals surface area contributed by atoms with Crippen molar-refractivity contribution in [2.75, 3.05) is 12.4 Å². The number of esters is 1. The van der Waals surface area contributed by atoms with Gasteiger partial charge in [-0.05, 0) is 43.3 Å². The zero-order valence-electron chi connectivity index (χ0n) is 12.6. The van der Waals surface area contributed by atoms with Crippen molar-refractivity contribution in [1.29, 1.82) is 0 Å². The first-order valence-corrected chi connectivity index (χ1v) is 7.15. The van der Waals surface area contributed by atoms with Gasteiger partial charge in [0.15, 0.2) is 6.10 Å². The molecule has 1 N–H and O–H groups in total. The molecular formula is C16H15ClN2O4. The van der Waals surface area contributed by atoms with Crippen LogP contribution in [0.25, 0.3) is 0 Å². The van der Waals surface area contributed by atoms with Gasteiger partial charge < -0.3 is 14.8 Å². The largest absolute Gasteiger partial charge is 0.497 e. The van der Waals surface area contributed by atoms with Crippen molar-refractivity contribution in [3.63, 3.8) is 0 Å². The Kier molecular flexibility index (Phi) is 5.54. The van der Waals surface area contributed by atoms with E-state index in [2.05, 4.69) is 10.3 Å². The smallest absolute Gasteiger partial charge is 0.338 e. The number of amides is 1. The molecule has 7 heteroatoms. The summed E-state index contributed by atoms with van der Waals surface area (Å²) in [5, 5.41) is 3.00. The predicted octanol–water partition coefficient (Wildman–Crippen LogP) is 2.93. The summed E-state index contributed by atoms with van der Waals surface area (Å²) in [6.45, 7) is 1.48. The van der Waals surface area contributed by atoms with Crippen LogP contribution in [-0.4, -0.2) is 30.1 Å². The molecule has 0 spiro atoms. The Morgan fingerprint density at radius 1 is 1.17 bits per heavy atom. The zero-order valence-corrected chi connectivity index (χ0v) is 13.3. The van der Waals surface area contributed by atoms with E-state index in [4.69, 9.17) is 21.1 Å². The fourth-order valence-corrected chi connectivity index (χ4v) is 1.80. The standard InChI is InChI=1S/C16H15ClN2O4/c1-10(15(20)19-14-8-5-12(17)9-18-14)23-16(21)11-3-6-13(22-2)7-4-11/h3-10H,1-2H3,(H,18,19,20)/t10-/m0/s1. The molecule has 0 fully saturated rings. The van der Waals surface area contributed by atoms with Gasteiger partial charge in [0, 0.05) is 6.20 Å². The molecule has 120 valence electrons. The van der Waals surface area contributed by atoms with E-state index in [-0.39, 0.29) is 0 Å². The van der Waals surface area contributed by atoms with Crippen molar-refractivity contribution in [1.82, 2.24) is 4.98 Å². The van der Waals surface area contributed by atoms with Gasteiger partial charge in [-0.3, -0.25) is 4.79 Å².